The van der Waals surface area contributed by atoms with E-state index >= 15 is 0 Å². The van der Waals surface area contributed by atoms with E-state index in [4.69, 9.17) is 0 Å². The van der Waals surface area contributed by atoms with Crippen LogP contribution in [0.2, 0.25) is 0 Å². The maximum atomic E-state index is 12.9. The van der Waals surface area contributed by atoms with Gasteiger partial charge in [-0.15, -0.1) is 11.8 Å². The summed E-state index contributed by atoms with van der Waals surface area (Å²) in [6, 6.07) is 12.2. The van der Waals surface area contributed by atoms with Crippen LogP contribution in [0.5, 0.6) is 0 Å². The van der Waals surface area contributed by atoms with Gasteiger partial charge >= 0.3 is 0 Å². The number of aryl methyl sites for hydroxylation is 1. The lowest BCUT2D eigenvalue weighted by Gasteiger charge is -2.14. The van der Waals surface area contributed by atoms with Crippen LogP contribution in [0.4, 0.5) is 5.69 Å². The number of carbonyl (C=O) groups is 1. The number of hydrogen-bond donors (Lipinski definition) is 2. The Morgan fingerprint density at radius 3 is 2.62 bits per heavy atom. The molecule has 0 saturated carbocycles. The second-order valence-corrected chi connectivity index (χ2v) is 8.96. The highest BCUT2D eigenvalue weighted by Gasteiger charge is 2.17. The molecule has 0 aliphatic rings. The number of nitrogens with one attached hydrogen (secondary N) is 2. The predicted molar refractivity (Wildman–Crippen MR) is 115 cm³/mol. The monoisotopic (exact) mass is 430 g/mol. The van der Waals surface area contributed by atoms with Gasteiger partial charge in [-0.05, 0) is 43.0 Å². The molecule has 152 valence electrons. The van der Waals surface area contributed by atoms with E-state index < -0.39 is 10.0 Å². The fourth-order valence-corrected chi connectivity index (χ4v) is 4.49. The first kappa shape index (κ1) is 21.1. The van der Waals surface area contributed by atoms with Gasteiger partial charge in [-0.2, -0.15) is 0 Å². The Kier molecular flexibility index (Phi) is 6.41. The van der Waals surface area contributed by atoms with Crippen LogP contribution < -0.4 is 10.0 Å². The summed E-state index contributed by atoms with van der Waals surface area (Å²) in [7, 11) is -3.77. The molecule has 2 aromatic carbocycles. The van der Waals surface area contributed by atoms with Gasteiger partial charge in [0.15, 0.2) is 0 Å². The van der Waals surface area contributed by atoms with Gasteiger partial charge in [-0.25, -0.2) is 18.1 Å². The molecule has 1 amide bonds. The first-order valence-corrected chi connectivity index (χ1v) is 11.6. The van der Waals surface area contributed by atoms with Crippen LogP contribution in [0.3, 0.4) is 0 Å². The van der Waals surface area contributed by atoms with E-state index in [-0.39, 0.29) is 17.3 Å². The van der Waals surface area contributed by atoms with E-state index in [0.717, 1.165) is 22.0 Å². The average Bonchev–Trinajstić information content (AvgIpc) is 3.12. The minimum absolute atomic E-state index is 0.0929. The predicted octanol–water partition coefficient (Wildman–Crippen LogP) is 3.34. The van der Waals surface area contributed by atoms with Crippen molar-refractivity contribution in [2.75, 3.05) is 11.6 Å². The summed E-state index contributed by atoms with van der Waals surface area (Å²) < 4.78 is 30.3. The van der Waals surface area contributed by atoms with Crippen molar-refractivity contribution >= 4 is 33.4 Å². The zero-order valence-corrected chi connectivity index (χ0v) is 18.0. The van der Waals surface area contributed by atoms with Crippen molar-refractivity contribution in [2.24, 2.45) is 0 Å². The average molecular weight is 431 g/mol. The number of sulfonamides is 1. The van der Waals surface area contributed by atoms with Crippen molar-refractivity contribution in [1.82, 2.24) is 14.3 Å². The number of nitrogens with zero attached hydrogens (tertiary/aromatic N) is 2. The number of benzene rings is 2. The van der Waals surface area contributed by atoms with Gasteiger partial charge in [0.05, 0.1) is 16.3 Å². The molecule has 1 aromatic heterocycles. The molecule has 1 heterocycles. The summed E-state index contributed by atoms with van der Waals surface area (Å²) in [5.74, 6) is 0.556. The molecular formula is C20H22N4O3S2. The minimum Gasteiger partial charge on any atom is -0.325 e. The standard InChI is InChI=1S/C20H22N4O3S2/c1-14-21-10-11-24(14)19-7-5-4-6-16(19)13-22-29(26,27)17-8-9-20(28-3)18(12-17)23-15(2)25/h4-12,22H,13H2,1-3H3,(H,23,25). The largest absolute Gasteiger partial charge is 0.325 e. The maximum absolute atomic E-state index is 12.9. The van der Waals surface area contributed by atoms with Crippen molar-refractivity contribution in [1.29, 1.82) is 0 Å². The van der Waals surface area contributed by atoms with E-state index in [1.54, 1.807) is 12.3 Å². The Balaban J connectivity index is 1.87. The summed E-state index contributed by atoms with van der Waals surface area (Å²) in [5, 5.41) is 2.68. The molecule has 3 aromatic rings. The third-order valence-corrected chi connectivity index (χ3v) is 6.52. The van der Waals surface area contributed by atoms with Gasteiger partial charge in [0.2, 0.25) is 15.9 Å². The highest BCUT2D eigenvalue weighted by atomic mass is 32.2. The summed E-state index contributed by atoms with van der Waals surface area (Å²) in [6.07, 6.45) is 5.40. The van der Waals surface area contributed by atoms with Crippen LogP contribution in [0, 0.1) is 6.92 Å². The lowest BCUT2D eigenvalue weighted by atomic mass is 10.2. The molecule has 2 N–H and O–H groups in total. The van der Waals surface area contributed by atoms with E-state index in [1.165, 1.54) is 30.8 Å². The zero-order valence-electron chi connectivity index (χ0n) is 16.3. The van der Waals surface area contributed by atoms with Crippen molar-refractivity contribution < 1.29 is 13.2 Å². The van der Waals surface area contributed by atoms with Crippen LogP contribution >= 0.6 is 11.8 Å². The molecule has 0 bridgehead atoms. The summed E-state index contributed by atoms with van der Waals surface area (Å²) in [5.41, 5.74) is 2.16. The van der Waals surface area contributed by atoms with Gasteiger partial charge in [0, 0.05) is 30.8 Å². The minimum atomic E-state index is -3.77. The number of imidazole rings is 1. The van der Waals surface area contributed by atoms with Crippen LogP contribution in [0.1, 0.15) is 18.3 Å². The summed E-state index contributed by atoms with van der Waals surface area (Å²) >= 11 is 1.43. The van der Waals surface area contributed by atoms with Crippen molar-refractivity contribution in [3.05, 3.63) is 66.2 Å². The molecule has 0 radical (unpaired) electrons. The number of thioether (sulfide) groups is 1. The van der Waals surface area contributed by atoms with Crippen LogP contribution in [-0.4, -0.2) is 30.1 Å². The molecule has 0 aliphatic carbocycles. The van der Waals surface area contributed by atoms with Gasteiger partial charge in [-0.1, -0.05) is 18.2 Å². The number of para-hydroxylation sites is 1. The topological polar surface area (TPSA) is 93.1 Å². The SMILES string of the molecule is CSc1ccc(S(=O)(=O)NCc2ccccc2-n2ccnc2C)cc1NC(C)=O. The molecule has 7 nitrogen and oxygen atoms in total. The third-order valence-electron chi connectivity index (χ3n) is 4.32. The van der Waals surface area contributed by atoms with Crippen molar-refractivity contribution in [3.8, 4) is 5.69 Å². The molecule has 0 unspecified atom stereocenters. The molecule has 9 heteroatoms. The molecule has 0 atom stereocenters. The molecule has 0 fully saturated rings. The van der Waals surface area contributed by atoms with Gasteiger partial charge in [0.25, 0.3) is 0 Å². The Bertz CT molecular complexity index is 1140. The zero-order chi connectivity index (χ0) is 21.0. The maximum Gasteiger partial charge on any atom is 0.240 e. The quantitative estimate of drug-likeness (QED) is 0.561. The number of amides is 1. The van der Waals surface area contributed by atoms with E-state index in [0.29, 0.717) is 5.69 Å². The highest BCUT2D eigenvalue weighted by Crippen LogP contribution is 2.28. The Morgan fingerprint density at radius 1 is 1.21 bits per heavy atom. The molecule has 0 aliphatic heterocycles. The first-order chi connectivity index (χ1) is 13.8. The molecule has 3 rings (SSSR count). The lowest BCUT2D eigenvalue weighted by Crippen LogP contribution is -2.24. The van der Waals surface area contributed by atoms with Gasteiger partial charge in [-0.3, -0.25) is 4.79 Å². The Labute approximate surface area is 174 Å². The Hall–Kier alpha value is -2.62. The van der Waals surface area contributed by atoms with E-state index in [2.05, 4.69) is 15.0 Å². The second-order valence-electron chi connectivity index (χ2n) is 6.34. The van der Waals surface area contributed by atoms with Crippen LogP contribution in [-0.2, 0) is 21.4 Å². The van der Waals surface area contributed by atoms with Gasteiger partial charge in [0.1, 0.15) is 5.82 Å². The lowest BCUT2D eigenvalue weighted by molar-refractivity contribution is -0.114. The number of hydrogen-bond acceptors (Lipinski definition) is 5. The van der Waals surface area contributed by atoms with E-state index in [1.807, 2.05) is 48.2 Å². The van der Waals surface area contributed by atoms with Crippen molar-refractivity contribution in [2.45, 2.75) is 30.2 Å². The fraction of sp³-hybridized carbons (Fsp3) is 0.200. The molecule has 0 saturated heterocycles. The third kappa shape index (κ3) is 4.87. The summed E-state index contributed by atoms with van der Waals surface area (Å²) in [4.78, 5) is 16.6. The summed E-state index contributed by atoms with van der Waals surface area (Å²) in [6.45, 7) is 3.40. The van der Waals surface area contributed by atoms with Crippen LogP contribution in [0.25, 0.3) is 5.69 Å². The van der Waals surface area contributed by atoms with Crippen LogP contribution in [0.15, 0.2) is 64.6 Å². The molecular weight excluding hydrogens is 408 g/mol. The van der Waals surface area contributed by atoms with E-state index in [9.17, 15) is 13.2 Å². The highest BCUT2D eigenvalue weighted by molar-refractivity contribution is 7.98. The van der Waals surface area contributed by atoms with Crippen molar-refractivity contribution in [3.63, 3.8) is 0 Å². The Morgan fingerprint density at radius 2 is 1.97 bits per heavy atom. The molecule has 0 spiro atoms. The number of rotatable bonds is 7. The van der Waals surface area contributed by atoms with Gasteiger partial charge < -0.3 is 9.88 Å². The second kappa shape index (κ2) is 8.81. The first-order valence-electron chi connectivity index (χ1n) is 8.85. The molecule has 29 heavy (non-hydrogen) atoms. The smallest absolute Gasteiger partial charge is 0.240 e. The fourth-order valence-electron chi connectivity index (χ4n) is 2.93. The number of carbonyl (C=O) groups excluding carboxylic acids is 1. The normalized spacial score (nSPS) is 11.4. The number of aromatic nitrogens is 2. The number of anilines is 1.